The molecule has 1 aromatic carbocycles. The molecule has 0 aromatic heterocycles. The molecule has 102 valence electrons. The fraction of sp³-hybridized carbons (Fsp3) is 0.500. The highest BCUT2D eigenvalue weighted by atomic mass is 16.6. The Labute approximate surface area is 111 Å². The summed E-state index contributed by atoms with van der Waals surface area (Å²) >= 11 is 0. The van der Waals surface area contributed by atoms with Crippen molar-refractivity contribution in [1.82, 2.24) is 4.90 Å². The number of hydrogen-bond acceptors (Lipinski definition) is 4. The normalized spacial score (nSPS) is 17.5. The number of carbonyl (C=O) groups is 1. The average molecular weight is 263 g/mol. The molecule has 0 amide bonds. The van der Waals surface area contributed by atoms with Gasteiger partial charge in [-0.25, -0.2) is 0 Å². The van der Waals surface area contributed by atoms with Crippen LogP contribution in [-0.2, 0) is 11.3 Å². The summed E-state index contributed by atoms with van der Waals surface area (Å²) in [4.78, 5) is 12.9. The van der Waals surface area contributed by atoms with Crippen LogP contribution in [0.15, 0.2) is 18.2 Å². The fourth-order valence-electron chi connectivity index (χ4n) is 2.40. The zero-order valence-electron chi connectivity index (χ0n) is 10.7. The maximum atomic E-state index is 10.9. The number of nitrogens with zero attached hydrogens (tertiary/aromatic N) is 1. The number of aliphatic carboxylic acids is 1. The van der Waals surface area contributed by atoms with E-state index in [0.717, 1.165) is 29.9 Å². The molecule has 0 bridgehead atoms. The van der Waals surface area contributed by atoms with Crippen molar-refractivity contribution in [2.75, 3.05) is 19.8 Å². The Bertz CT molecular complexity index is 484. The van der Waals surface area contributed by atoms with Crippen molar-refractivity contribution in [2.45, 2.75) is 25.4 Å². The molecule has 5 nitrogen and oxygen atoms in total. The summed E-state index contributed by atoms with van der Waals surface area (Å²) in [6.07, 6.45) is 2.17. The van der Waals surface area contributed by atoms with E-state index in [1.165, 1.54) is 0 Å². The molecule has 3 rings (SSSR count). The van der Waals surface area contributed by atoms with Crippen LogP contribution in [0.2, 0.25) is 0 Å². The number of ether oxygens (including phenoxy) is 2. The maximum Gasteiger partial charge on any atom is 0.317 e. The summed E-state index contributed by atoms with van der Waals surface area (Å²) < 4.78 is 11.2. The van der Waals surface area contributed by atoms with Crippen LogP contribution < -0.4 is 9.47 Å². The van der Waals surface area contributed by atoms with Gasteiger partial charge in [-0.2, -0.15) is 0 Å². The molecule has 2 aliphatic rings. The van der Waals surface area contributed by atoms with E-state index in [4.69, 9.17) is 14.6 Å². The third-order valence-corrected chi connectivity index (χ3v) is 3.42. The van der Waals surface area contributed by atoms with Gasteiger partial charge in [0.05, 0.1) is 6.54 Å². The number of fused-ring (bicyclic) bond motifs is 1. The molecular weight excluding hydrogens is 246 g/mol. The summed E-state index contributed by atoms with van der Waals surface area (Å²) in [5.41, 5.74) is 1.00. The largest absolute Gasteiger partial charge is 0.486 e. The van der Waals surface area contributed by atoms with Crippen LogP contribution in [-0.4, -0.2) is 41.8 Å². The molecule has 1 heterocycles. The third kappa shape index (κ3) is 2.81. The minimum absolute atomic E-state index is 0.0786. The molecule has 0 saturated heterocycles. The predicted octanol–water partition coefficient (Wildman–Crippen LogP) is 1.51. The molecule has 1 aliphatic carbocycles. The minimum Gasteiger partial charge on any atom is -0.486 e. The van der Waals surface area contributed by atoms with Crippen LogP contribution in [0.5, 0.6) is 11.5 Å². The predicted molar refractivity (Wildman–Crippen MR) is 68.5 cm³/mol. The SMILES string of the molecule is O=C(O)CN(Cc1cccc2c1OCCO2)C1CC1. The van der Waals surface area contributed by atoms with Crippen LogP contribution in [0, 0.1) is 0 Å². The Morgan fingerprint density at radius 3 is 2.84 bits per heavy atom. The molecular formula is C14H17NO4. The van der Waals surface area contributed by atoms with Gasteiger partial charge in [0.2, 0.25) is 0 Å². The summed E-state index contributed by atoms with van der Waals surface area (Å²) in [5, 5.41) is 8.98. The summed E-state index contributed by atoms with van der Waals surface area (Å²) in [6.45, 7) is 1.79. The number of hydrogen-bond donors (Lipinski definition) is 1. The van der Waals surface area contributed by atoms with Crippen molar-refractivity contribution in [1.29, 1.82) is 0 Å². The molecule has 1 fully saturated rings. The zero-order valence-corrected chi connectivity index (χ0v) is 10.7. The quantitative estimate of drug-likeness (QED) is 0.872. The van der Waals surface area contributed by atoms with Gasteiger partial charge in [0.1, 0.15) is 13.2 Å². The van der Waals surface area contributed by atoms with Gasteiger partial charge in [0, 0.05) is 18.2 Å². The monoisotopic (exact) mass is 263 g/mol. The molecule has 1 N–H and O–H groups in total. The van der Waals surface area contributed by atoms with Crippen molar-refractivity contribution in [3.05, 3.63) is 23.8 Å². The number of rotatable bonds is 5. The lowest BCUT2D eigenvalue weighted by Crippen LogP contribution is -2.31. The smallest absolute Gasteiger partial charge is 0.317 e. The van der Waals surface area contributed by atoms with Crippen LogP contribution in [0.4, 0.5) is 0 Å². The first-order valence-electron chi connectivity index (χ1n) is 6.57. The Morgan fingerprint density at radius 1 is 1.32 bits per heavy atom. The van der Waals surface area contributed by atoms with E-state index in [1.54, 1.807) is 0 Å². The van der Waals surface area contributed by atoms with Crippen LogP contribution in [0.1, 0.15) is 18.4 Å². The molecule has 0 atom stereocenters. The van der Waals surface area contributed by atoms with Crippen molar-refractivity contribution in [2.24, 2.45) is 0 Å². The number of benzene rings is 1. The van der Waals surface area contributed by atoms with E-state index in [0.29, 0.717) is 25.8 Å². The number of carboxylic acid groups (broad SMARTS) is 1. The first-order valence-corrected chi connectivity index (χ1v) is 6.57. The van der Waals surface area contributed by atoms with E-state index >= 15 is 0 Å². The van der Waals surface area contributed by atoms with Crippen LogP contribution in [0.3, 0.4) is 0 Å². The van der Waals surface area contributed by atoms with Gasteiger partial charge in [-0.1, -0.05) is 12.1 Å². The van der Waals surface area contributed by atoms with Gasteiger partial charge in [0.15, 0.2) is 11.5 Å². The average Bonchev–Trinajstić information content (AvgIpc) is 3.22. The Kier molecular flexibility index (Phi) is 3.29. The van der Waals surface area contributed by atoms with Gasteiger partial charge in [-0.3, -0.25) is 9.69 Å². The van der Waals surface area contributed by atoms with Crippen molar-refractivity contribution < 1.29 is 19.4 Å². The molecule has 0 radical (unpaired) electrons. The van der Waals surface area contributed by atoms with Crippen LogP contribution >= 0.6 is 0 Å². The zero-order chi connectivity index (χ0) is 13.2. The summed E-state index contributed by atoms with van der Waals surface area (Å²) in [7, 11) is 0. The second-order valence-corrected chi connectivity index (χ2v) is 4.97. The molecule has 19 heavy (non-hydrogen) atoms. The standard InChI is InChI=1S/C14H17NO4/c16-13(17)9-15(11-4-5-11)8-10-2-1-3-12-14(10)19-7-6-18-12/h1-3,11H,4-9H2,(H,16,17). The molecule has 1 aromatic rings. The van der Waals surface area contributed by atoms with Gasteiger partial charge in [-0.05, 0) is 18.9 Å². The van der Waals surface area contributed by atoms with E-state index in [9.17, 15) is 4.79 Å². The Morgan fingerprint density at radius 2 is 2.11 bits per heavy atom. The van der Waals surface area contributed by atoms with E-state index in [2.05, 4.69) is 0 Å². The van der Waals surface area contributed by atoms with Crippen LogP contribution in [0.25, 0.3) is 0 Å². The molecule has 5 heteroatoms. The highest BCUT2D eigenvalue weighted by Gasteiger charge is 2.31. The Hall–Kier alpha value is -1.75. The van der Waals surface area contributed by atoms with Crippen molar-refractivity contribution in [3.63, 3.8) is 0 Å². The lowest BCUT2D eigenvalue weighted by molar-refractivity contribution is -0.138. The molecule has 0 spiro atoms. The topological polar surface area (TPSA) is 59.0 Å². The highest BCUT2D eigenvalue weighted by Crippen LogP contribution is 2.36. The van der Waals surface area contributed by atoms with Gasteiger partial charge < -0.3 is 14.6 Å². The van der Waals surface area contributed by atoms with Crippen molar-refractivity contribution >= 4 is 5.97 Å². The van der Waals surface area contributed by atoms with E-state index < -0.39 is 5.97 Å². The first kappa shape index (κ1) is 12.3. The van der Waals surface area contributed by atoms with E-state index in [1.807, 2.05) is 23.1 Å². The van der Waals surface area contributed by atoms with Gasteiger partial charge >= 0.3 is 5.97 Å². The minimum atomic E-state index is -0.783. The maximum absolute atomic E-state index is 10.9. The van der Waals surface area contributed by atoms with E-state index in [-0.39, 0.29) is 6.54 Å². The highest BCUT2D eigenvalue weighted by molar-refractivity contribution is 5.69. The van der Waals surface area contributed by atoms with Crippen molar-refractivity contribution in [3.8, 4) is 11.5 Å². The van der Waals surface area contributed by atoms with Gasteiger partial charge in [0.25, 0.3) is 0 Å². The summed E-state index contributed by atoms with van der Waals surface area (Å²) in [6, 6.07) is 6.19. The Balaban J connectivity index is 1.79. The second kappa shape index (κ2) is 5.09. The summed E-state index contributed by atoms with van der Waals surface area (Å²) in [5.74, 6) is 0.744. The number of para-hydroxylation sites is 1. The fourth-order valence-corrected chi connectivity index (χ4v) is 2.40. The molecule has 1 aliphatic heterocycles. The van der Waals surface area contributed by atoms with Gasteiger partial charge in [-0.15, -0.1) is 0 Å². The molecule has 0 unspecified atom stereocenters. The first-order chi connectivity index (χ1) is 9.24. The third-order valence-electron chi connectivity index (χ3n) is 3.42. The number of carboxylic acids is 1. The lowest BCUT2D eigenvalue weighted by atomic mass is 10.1. The molecule has 1 saturated carbocycles. The lowest BCUT2D eigenvalue weighted by Gasteiger charge is -2.25. The second-order valence-electron chi connectivity index (χ2n) is 4.97.